The van der Waals surface area contributed by atoms with Gasteiger partial charge in [0.25, 0.3) is 0 Å². The molecule has 26 heavy (non-hydrogen) atoms. The molecule has 4 saturated carbocycles. The number of carbonyl (C=O) groups excluding carboxylic acids is 1. The van der Waals surface area contributed by atoms with Gasteiger partial charge in [-0.3, -0.25) is 4.79 Å². The molecule has 0 aromatic carbocycles. The molecule has 0 aliphatic heterocycles. The highest BCUT2D eigenvalue weighted by Gasteiger charge is 2.48. The van der Waals surface area contributed by atoms with Crippen LogP contribution in [0.15, 0.2) is 23.3 Å². The molecule has 1 nitrogen and oxygen atoms in total. The third-order valence-corrected chi connectivity index (χ3v) is 8.52. The number of ketones is 1. The average Bonchev–Trinajstić information content (AvgIpc) is 3.42. The molecule has 0 aromatic heterocycles. The maximum atomic E-state index is 13.1. The molecule has 0 radical (unpaired) electrons. The Bertz CT molecular complexity index is 540. The van der Waals surface area contributed by atoms with Gasteiger partial charge in [0.15, 0.2) is 5.78 Å². The first kappa shape index (κ1) is 18.5. The predicted molar refractivity (Wildman–Crippen MR) is 109 cm³/mol. The third kappa shape index (κ3) is 3.25. The van der Waals surface area contributed by atoms with Crippen LogP contribution in [0.25, 0.3) is 0 Å². The van der Waals surface area contributed by atoms with E-state index in [1.165, 1.54) is 88.2 Å². The fraction of sp³-hybridized carbons (Fsp3) is 0.800. The van der Waals surface area contributed by atoms with E-state index in [1.54, 1.807) is 0 Å². The Morgan fingerprint density at radius 2 is 1.15 bits per heavy atom. The Balaban J connectivity index is 1.57. The monoisotopic (exact) mass is 354 g/mol. The van der Waals surface area contributed by atoms with Crippen molar-refractivity contribution < 1.29 is 4.79 Å². The lowest BCUT2D eigenvalue weighted by atomic mass is 9.73. The first-order chi connectivity index (χ1) is 12.6. The van der Waals surface area contributed by atoms with E-state index in [1.807, 2.05) is 0 Å². The van der Waals surface area contributed by atoms with Crippen molar-refractivity contribution >= 4 is 5.78 Å². The molecule has 0 spiro atoms. The van der Waals surface area contributed by atoms with Crippen LogP contribution < -0.4 is 0 Å². The van der Waals surface area contributed by atoms with Crippen LogP contribution in [0.3, 0.4) is 0 Å². The van der Waals surface area contributed by atoms with Crippen LogP contribution in [-0.4, -0.2) is 5.78 Å². The molecule has 4 aliphatic rings. The Morgan fingerprint density at radius 3 is 1.42 bits per heavy atom. The highest BCUT2D eigenvalue weighted by atomic mass is 16.1. The zero-order chi connectivity index (χ0) is 18.2. The topological polar surface area (TPSA) is 17.1 Å². The molecule has 0 unspecified atom stereocenters. The van der Waals surface area contributed by atoms with Crippen LogP contribution in [0.2, 0.25) is 0 Å². The number of allylic oxidation sites excluding steroid dienone is 4. The fourth-order valence-electron chi connectivity index (χ4n) is 7.19. The van der Waals surface area contributed by atoms with Gasteiger partial charge in [0.2, 0.25) is 0 Å². The minimum Gasteiger partial charge on any atom is -0.290 e. The summed E-state index contributed by atoms with van der Waals surface area (Å²) in [7, 11) is 0. The molecule has 0 atom stereocenters. The van der Waals surface area contributed by atoms with Crippen molar-refractivity contribution in [2.75, 3.05) is 0 Å². The first-order valence-electron chi connectivity index (χ1n) is 11.6. The second-order valence-electron chi connectivity index (χ2n) is 10.1. The molecule has 4 bridgehead atoms. The molecule has 1 heteroatoms. The van der Waals surface area contributed by atoms with Gasteiger partial charge in [-0.2, -0.15) is 0 Å². The van der Waals surface area contributed by atoms with Crippen molar-refractivity contribution in [2.24, 2.45) is 22.7 Å². The maximum Gasteiger partial charge on any atom is 0.178 e. The van der Waals surface area contributed by atoms with E-state index >= 15 is 0 Å². The summed E-state index contributed by atoms with van der Waals surface area (Å²) in [5.74, 6) is 2.21. The number of hydrogen-bond donors (Lipinski definition) is 0. The summed E-state index contributed by atoms with van der Waals surface area (Å²) in [6.45, 7) is 4.54. The number of hydrogen-bond acceptors (Lipinski definition) is 1. The maximum absolute atomic E-state index is 13.1. The Kier molecular flexibility index (Phi) is 5.19. The van der Waals surface area contributed by atoms with E-state index in [4.69, 9.17) is 0 Å². The van der Waals surface area contributed by atoms with Gasteiger partial charge >= 0.3 is 0 Å². The van der Waals surface area contributed by atoms with E-state index in [0.717, 1.165) is 24.7 Å². The molecule has 0 N–H and O–H groups in total. The molecular weight excluding hydrogens is 316 g/mol. The van der Waals surface area contributed by atoms with Crippen LogP contribution in [0.1, 0.15) is 104 Å². The SMILES string of the molecule is CCCC(=CC(=O)C=C(CCC)C12CCC(CC1)C2)C12CCC(CC1)C2. The molecule has 0 aromatic rings. The van der Waals surface area contributed by atoms with Gasteiger partial charge < -0.3 is 0 Å². The fourth-order valence-corrected chi connectivity index (χ4v) is 7.19. The van der Waals surface area contributed by atoms with Crippen molar-refractivity contribution in [3.05, 3.63) is 23.3 Å². The van der Waals surface area contributed by atoms with E-state index in [2.05, 4.69) is 26.0 Å². The molecule has 4 rings (SSSR count). The smallest absolute Gasteiger partial charge is 0.178 e. The van der Waals surface area contributed by atoms with Crippen LogP contribution in [0, 0.1) is 22.7 Å². The zero-order valence-corrected chi connectivity index (χ0v) is 17.1. The van der Waals surface area contributed by atoms with Gasteiger partial charge in [-0.1, -0.05) is 37.8 Å². The summed E-state index contributed by atoms with van der Waals surface area (Å²) in [5.41, 5.74) is 3.81. The molecule has 0 heterocycles. The van der Waals surface area contributed by atoms with E-state index < -0.39 is 0 Å². The van der Waals surface area contributed by atoms with E-state index in [-0.39, 0.29) is 0 Å². The summed E-state index contributed by atoms with van der Waals surface area (Å²) in [5, 5.41) is 0. The number of fused-ring (bicyclic) bond motifs is 4. The largest absolute Gasteiger partial charge is 0.290 e. The second kappa shape index (κ2) is 7.28. The molecule has 144 valence electrons. The molecular formula is C25H38O. The van der Waals surface area contributed by atoms with Gasteiger partial charge in [0.1, 0.15) is 0 Å². The Labute approximate surface area is 160 Å². The number of rotatable bonds is 8. The van der Waals surface area contributed by atoms with Crippen molar-refractivity contribution in [3.8, 4) is 0 Å². The highest BCUT2D eigenvalue weighted by Crippen LogP contribution is 2.60. The van der Waals surface area contributed by atoms with Gasteiger partial charge in [0, 0.05) is 0 Å². The minimum atomic E-state index is 0.311. The lowest BCUT2D eigenvalue weighted by Gasteiger charge is -2.31. The first-order valence-corrected chi connectivity index (χ1v) is 11.6. The minimum absolute atomic E-state index is 0.311. The zero-order valence-electron chi connectivity index (χ0n) is 17.1. The normalized spacial score (nSPS) is 39.2. The second-order valence-corrected chi connectivity index (χ2v) is 10.1. The summed E-state index contributed by atoms with van der Waals surface area (Å²) in [4.78, 5) is 13.1. The van der Waals surface area contributed by atoms with Gasteiger partial charge in [-0.15, -0.1) is 0 Å². The molecule has 0 amide bonds. The van der Waals surface area contributed by atoms with Crippen LogP contribution >= 0.6 is 0 Å². The summed E-state index contributed by atoms with van der Waals surface area (Å²) in [6.07, 6.45) is 22.5. The van der Waals surface area contributed by atoms with Crippen LogP contribution in [0.5, 0.6) is 0 Å². The highest BCUT2D eigenvalue weighted by molar-refractivity contribution is 6.00. The van der Waals surface area contributed by atoms with E-state index in [9.17, 15) is 4.79 Å². The lowest BCUT2D eigenvalue weighted by molar-refractivity contribution is -0.110. The van der Waals surface area contributed by atoms with Crippen LogP contribution in [0.4, 0.5) is 0 Å². The third-order valence-electron chi connectivity index (χ3n) is 8.52. The van der Waals surface area contributed by atoms with E-state index in [0.29, 0.717) is 16.6 Å². The van der Waals surface area contributed by atoms with Crippen molar-refractivity contribution in [3.63, 3.8) is 0 Å². The Hall–Kier alpha value is -0.850. The standard InChI is InChI=1S/C25H38O/c1-3-5-21(24-11-7-19(17-24)8-12-24)15-23(26)16-22(6-4-2)25-13-9-20(18-25)10-14-25/h15-16,19-20H,3-14,17-18H2,1-2H3. The van der Waals surface area contributed by atoms with Gasteiger partial charge in [-0.25, -0.2) is 0 Å². The predicted octanol–water partition coefficient (Wildman–Crippen LogP) is 7.17. The summed E-state index contributed by atoms with van der Waals surface area (Å²) < 4.78 is 0. The molecule has 4 aliphatic carbocycles. The molecule has 4 fully saturated rings. The van der Waals surface area contributed by atoms with Gasteiger partial charge in [-0.05, 0) is 112 Å². The van der Waals surface area contributed by atoms with Crippen molar-refractivity contribution in [1.82, 2.24) is 0 Å². The van der Waals surface area contributed by atoms with Gasteiger partial charge in [0.05, 0.1) is 0 Å². The van der Waals surface area contributed by atoms with Crippen molar-refractivity contribution in [1.29, 1.82) is 0 Å². The van der Waals surface area contributed by atoms with Crippen molar-refractivity contribution in [2.45, 2.75) is 104 Å². The summed E-state index contributed by atoms with van der Waals surface area (Å²) in [6, 6.07) is 0. The quantitative estimate of drug-likeness (QED) is 0.422. The molecule has 0 saturated heterocycles. The number of carbonyl (C=O) groups is 1. The van der Waals surface area contributed by atoms with Crippen LogP contribution in [-0.2, 0) is 4.79 Å². The summed E-state index contributed by atoms with van der Waals surface area (Å²) >= 11 is 0. The Morgan fingerprint density at radius 1 is 0.769 bits per heavy atom. The lowest BCUT2D eigenvalue weighted by Crippen LogP contribution is -2.20. The average molecular weight is 355 g/mol.